The molecule has 0 spiro atoms. The van der Waals surface area contributed by atoms with Crippen molar-refractivity contribution >= 4 is 5.91 Å². The number of rotatable bonds is 5. The Morgan fingerprint density at radius 1 is 1.21 bits per heavy atom. The van der Waals surface area contributed by atoms with E-state index in [1.807, 2.05) is 0 Å². The summed E-state index contributed by atoms with van der Waals surface area (Å²) in [7, 11) is 4.16. The number of alkyl halides is 1. The van der Waals surface area contributed by atoms with Gasteiger partial charge in [-0.1, -0.05) is 6.92 Å². The topological polar surface area (TPSA) is 71.7 Å². The number of fused-ring (bicyclic) bond motifs is 1. The maximum Gasteiger partial charge on any atom is 0.237 e. The number of hydrogen-bond acceptors (Lipinski definition) is 6. The Morgan fingerprint density at radius 3 is 2.79 bits per heavy atom. The molecule has 0 bridgehead atoms. The molecule has 2 heterocycles. The van der Waals surface area contributed by atoms with Crippen LogP contribution in [0.1, 0.15) is 51.9 Å². The highest BCUT2D eigenvalue weighted by Crippen LogP contribution is 2.38. The number of hydrogen-bond donors (Lipinski definition) is 4. The largest absolute Gasteiger partial charge is 0.352 e. The van der Waals surface area contributed by atoms with Gasteiger partial charge >= 0.3 is 0 Å². The predicted molar refractivity (Wildman–Crippen MR) is 112 cm³/mol. The minimum absolute atomic E-state index is 0.00195. The molecule has 8 heteroatoms. The van der Waals surface area contributed by atoms with Crippen molar-refractivity contribution in [2.24, 2.45) is 11.8 Å². The lowest BCUT2D eigenvalue weighted by Gasteiger charge is -2.35. The van der Waals surface area contributed by atoms with Gasteiger partial charge in [-0.15, -0.1) is 0 Å². The number of nitrogens with zero attached hydrogens (tertiary/aromatic N) is 2. The first-order valence-electron chi connectivity index (χ1n) is 11.5. The molecule has 0 aromatic heterocycles. The molecule has 0 aromatic carbocycles. The van der Waals surface area contributed by atoms with Gasteiger partial charge in [0.1, 0.15) is 6.17 Å². The quantitative estimate of drug-likeness (QED) is 0.537. The Labute approximate surface area is 174 Å². The number of halogens is 1. The van der Waals surface area contributed by atoms with Crippen molar-refractivity contribution in [2.75, 3.05) is 27.3 Å². The van der Waals surface area contributed by atoms with Crippen molar-refractivity contribution < 1.29 is 9.18 Å². The SMILES string of the molecule is CC1CCC(F)C2CC(C(=O)NC3CCCC(N4CNC(CN(C)C)N4)C3)NC12. The lowest BCUT2D eigenvalue weighted by Crippen LogP contribution is -2.53. The van der Waals surface area contributed by atoms with E-state index in [9.17, 15) is 9.18 Å². The van der Waals surface area contributed by atoms with Gasteiger partial charge in [0, 0.05) is 30.6 Å². The van der Waals surface area contributed by atoms with Crippen LogP contribution in [0.2, 0.25) is 0 Å². The van der Waals surface area contributed by atoms with Gasteiger partial charge in [-0.05, 0) is 65.0 Å². The van der Waals surface area contributed by atoms with E-state index >= 15 is 0 Å². The number of hydrazine groups is 1. The summed E-state index contributed by atoms with van der Waals surface area (Å²) in [6.45, 7) is 3.98. The third-order valence-corrected chi connectivity index (χ3v) is 7.47. The zero-order chi connectivity index (χ0) is 20.5. The van der Waals surface area contributed by atoms with Crippen molar-refractivity contribution in [3.63, 3.8) is 0 Å². The van der Waals surface area contributed by atoms with Crippen LogP contribution < -0.4 is 21.4 Å². The summed E-state index contributed by atoms with van der Waals surface area (Å²) in [5, 5.41) is 12.6. The second-order valence-electron chi connectivity index (χ2n) is 10.0. The molecule has 4 rings (SSSR count). The smallest absolute Gasteiger partial charge is 0.237 e. The first-order valence-corrected chi connectivity index (χ1v) is 11.5. The molecule has 1 amide bonds. The Morgan fingerprint density at radius 2 is 2.03 bits per heavy atom. The fourth-order valence-electron chi connectivity index (χ4n) is 5.89. The van der Waals surface area contributed by atoms with E-state index in [2.05, 4.69) is 52.3 Å². The van der Waals surface area contributed by atoms with Gasteiger partial charge in [-0.3, -0.25) is 10.1 Å². The van der Waals surface area contributed by atoms with E-state index in [1.165, 1.54) is 0 Å². The highest BCUT2D eigenvalue weighted by atomic mass is 19.1. The average molecular weight is 411 g/mol. The van der Waals surface area contributed by atoms with Crippen LogP contribution in [-0.2, 0) is 4.79 Å². The van der Waals surface area contributed by atoms with Gasteiger partial charge in [0.2, 0.25) is 5.91 Å². The van der Waals surface area contributed by atoms with Crippen molar-refractivity contribution in [2.45, 2.75) is 88.4 Å². The summed E-state index contributed by atoms with van der Waals surface area (Å²) in [5.41, 5.74) is 3.58. The molecule has 2 saturated carbocycles. The number of amides is 1. The maximum absolute atomic E-state index is 14.3. The molecule has 4 N–H and O–H groups in total. The van der Waals surface area contributed by atoms with E-state index in [0.717, 1.165) is 45.3 Å². The van der Waals surface area contributed by atoms with Crippen LogP contribution in [0.5, 0.6) is 0 Å². The van der Waals surface area contributed by atoms with Gasteiger partial charge in [-0.25, -0.2) is 14.8 Å². The zero-order valence-corrected chi connectivity index (χ0v) is 18.2. The second-order valence-corrected chi connectivity index (χ2v) is 10.0. The third kappa shape index (κ3) is 4.93. The number of likely N-dealkylation sites (N-methyl/N-ethyl adjacent to an activating group) is 1. The first kappa shape index (κ1) is 21.4. The molecule has 8 unspecified atom stereocenters. The van der Waals surface area contributed by atoms with Crippen LogP contribution in [0.15, 0.2) is 0 Å². The molecule has 4 fully saturated rings. The molecule has 7 nitrogen and oxygen atoms in total. The number of carbonyl (C=O) groups excluding carboxylic acids is 1. The molecular formula is C21H39FN6O. The normalized spacial score (nSPS) is 43.5. The van der Waals surface area contributed by atoms with Crippen LogP contribution in [0.4, 0.5) is 4.39 Å². The van der Waals surface area contributed by atoms with Crippen LogP contribution in [0, 0.1) is 11.8 Å². The first-order chi connectivity index (χ1) is 13.9. The molecule has 8 atom stereocenters. The number of nitrogens with one attached hydrogen (secondary N) is 4. The molecule has 166 valence electrons. The zero-order valence-electron chi connectivity index (χ0n) is 18.2. The summed E-state index contributed by atoms with van der Waals surface area (Å²) < 4.78 is 14.3. The summed E-state index contributed by atoms with van der Waals surface area (Å²) in [5.74, 6) is 0.525. The van der Waals surface area contributed by atoms with Crippen LogP contribution in [-0.4, -0.2) is 79.6 Å². The van der Waals surface area contributed by atoms with Crippen molar-refractivity contribution in [3.8, 4) is 0 Å². The standard InChI is InChI=1S/C21H39FN6O/c1-13-7-8-17(22)16-10-18(25-20(13)16)21(29)24-14-5-4-6-15(9-14)28-12-23-19(26-28)11-27(2)3/h13-20,23,25-26H,4-12H2,1-3H3,(H,24,29). The Balaban J connectivity index is 1.27. The minimum Gasteiger partial charge on any atom is -0.352 e. The maximum atomic E-state index is 14.3. The summed E-state index contributed by atoms with van der Waals surface area (Å²) in [6.07, 6.45) is 6.01. The Bertz CT molecular complexity index is 559. The third-order valence-electron chi connectivity index (χ3n) is 7.47. The van der Waals surface area contributed by atoms with Crippen LogP contribution in [0.3, 0.4) is 0 Å². The predicted octanol–water partition coefficient (Wildman–Crippen LogP) is 0.784. The summed E-state index contributed by atoms with van der Waals surface area (Å²) >= 11 is 0. The Hall–Kier alpha value is -0.800. The molecule has 2 aliphatic heterocycles. The van der Waals surface area contributed by atoms with Gasteiger partial charge < -0.3 is 15.5 Å². The van der Waals surface area contributed by atoms with Crippen LogP contribution in [0.25, 0.3) is 0 Å². The molecular weight excluding hydrogens is 371 g/mol. The molecule has 4 aliphatic rings. The van der Waals surface area contributed by atoms with Gasteiger partial charge in [0.05, 0.1) is 18.9 Å². The summed E-state index contributed by atoms with van der Waals surface area (Å²) in [6, 6.07) is 0.560. The molecule has 0 radical (unpaired) electrons. The average Bonchev–Trinajstić information content (AvgIpc) is 3.33. The van der Waals surface area contributed by atoms with Crippen molar-refractivity contribution in [3.05, 3.63) is 0 Å². The van der Waals surface area contributed by atoms with Gasteiger partial charge in [-0.2, -0.15) is 0 Å². The lowest BCUT2D eigenvalue weighted by molar-refractivity contribution is -0.124. The number of carbonyl (C=O) groups is 1. The van der Waals surface area contributed by atoms with Crippen molar-refractivity contribution in [1.29, 1.82) is 0 Å². The highest BCUT2D eigenvalue weighted by molar-refractivity contribution is 5.82. The Kier molecular flexibility index (Phi) is 6.75. The van der Waals surface area contributed by atoms with Gasteiger partial charge in [0.15, 0.2) is 0 Å². The minimum atomic E-state index is -0.760. The monoisotopic (exact) mass is 410 g/mol. The highest BCUT2D eigenvalue weighted by Gasteiger charge is 2.46. The molecule has 29 heavy (non-hydrogen) atoms. The van der Waals surface area contributed by atoms with Crippen LogP contribution >= 0.6 is 0 Å². The van der Waals surface area contributed by atoms with Crippen molar-refractivity contribution in [1.82, 2.24) is 31.3 Å². The fraction of sp³-hybridized carbons (Fsp3) is 0.952. The lowest BCUT2D eigenvalue weighted by atomic mass is 9.77. The van der Waals surface area contributed by atoms with E-state index in [4.69, 9.17) is 0 Å². The summed E-state index contributed by atoms with van der Waals surface area (Å²) in [4.78, 5) is 15.1. The molecule has 0 aromatic rings. The van der Waals surface area contributed by atoms with E-state index in [-0.39, 0.29) is 36.1 Å². The molecule has 2 saturated heterocycles. The van der Waals surface area contributed by atoms with E-state index in [1.54, 1.807) is 0 Å². The molecule has 2 aliphatic carbocycles. The van der Waals surface area contributed by atoms with E-state index in [0.29, 0.717) is 24.8 Å². The fourth-order valence-corrected chi connectivity index (χ4v) is 5.89. The second kappa shape index (κ2) is 9.14. The van der Waals surface area contributed by atoms with Gasteiger partial charge in [0.25, 0.3) is 0 Å². The van der Waals surface area contributed by atoms with E-state index < -0.39 is 6.17 Å².